The smallest absolute Gasteiger partial charge is 0.131 e. The SMILES string of the molecule is CCN1CCCC(C(C)Nc2ccnc(Cl)c2)C1. The first-order chi connectivity index (χ1) is 8.69. The standard InChI is InChI=1S/C14H22ClN3/c1-3-18-8-4-5-12(10-18)11(2)17-13-6-7-16-14(15)9-13/h6-7,9,11-12H,3-5,8,10H2,1-2H3,(H,16,17). The van der Waals surface area contributed by atoms with E-state index in [0.717, 1.165) is 12.2 Å². The van der Waals surface area contributed by atoms with Crippen LogP contribution in [0.4, 0.5) is 5.69 Å². The fraction of sp³-hybridized carbons (Fsp3) is 0.643. The first-order valence-corrected chi connectivity index (χ1v) is 7.17. The monoisotopic (exact) mass is 267 g/mol. The molecule has 1 saturated heterocycles. The molecule has 0 bridgehead atoms. The first-order valence-electron chi connectivity index (χ1n) is 6.79. The molecule has 0 spiro atoms. The average Bonchev–Trinajstić information content (AvgIpc) is 2.39. The van der Waals surface area contributed by atoms with Crippen molar-refractivity contribution in [3.63, 3.8) is 0 Å². The van der Waals surface area contributed by atoms with Gasteiger partial charge in [0.25, 0.3) is 0 Å². The first kappa shape index (κ1) is 13.6. The maximum absolute atomic E-state index is 5.90. The fourth-order valence-corrected chi connectivity index (χ4v) is 2.83. The topological polar surface area (TPSA) is 28.2 Å². The molecule has 0 aliphatic carbocycles. The molecule has 0 amide bonds. The van der Waals surface area contributed by atoms with E-state index in [-0.39, 0.29) is 0 Å². The van der Waals surface area contributed by atoms with E-state index in [1.54, 1.807) is 6.20 Å². The summed E-state index contributed by atoms with van der Waals surface area (Å²) in [5.41, 5.74) is 1.07. The maximum Gasteiger partial charge on any atom is 0.131 e. The van der Waals surface area contributed by atoms with Crippen molar-refractivity contribution in [2.24, 2.45) is 5.92 Å². The van der Waals surface area contributed by atoms with Crippen molar-refractivity contribution in [3.05, 3.63) is 23.5 Å². The van der Waals surface area contributed by atoms with Gasteiger partial charge in [-0.05, 0) is 50.9 Å². The van der Waals surface area contributed by atoms with Gasteiger partial charge in [-0.15, -0.1) is 0 Å². The Balaban J connectivity index is 1.93. The van der Waals surface area contributed by atoms with E-state index in [2.05, 4.69) is 29.0 Å². The van der Waals surface area contributed by atoms with Crippen LogP contribution >= 0.6 is 11.6 Å². The van der Waals surface area contributed by atoms with Crippen LogP contribution in [-0.4, -0.2) is 35.6 Å². The van der Waals surface area contributed by atoms with Crippen LogP contribution in [-0.2, 0) is 0 Å². The summed E-state index contributed by atoms with van der Waals surface area (Å²) < 4.78 is 0. The number of aromatic nitrogens is 1. The van der Waals surface area contributed by atoms with Crippen LogP contribution in [0.25, 0.3) is 0 Å². The zero-order valence-corrected chi connectivity index (χ0v) is 12.0. The highest BCUT2D eigenvalue weighted by Gasteiger charge is 2.23. The van der Waals surface area contributed by atoms with Gasteiger partial charge >= 0.3 is 0 Å². The highest BCUT2D eigenvalue weighted by molar-refractivity contribution is 6.29. The molecule has 18 heavy (non-hydrogen) atoms. The Morgan fingerprint density at radius 3 is 3.17 bits per heavy atom. The van der Waals surface area contributed by atoms with Crippen molar-refractivity contribution in [1.82, 2.24) is 9.88 Å². The number of rotatable bonds is 4. The minimum Gasteiger partial charge on any atom is -0.382 e. The van der Waals surface area contributed by atoms with E-state index < -0.39 is 0 Å². The van der Waals surface area contributed by atoms with Crippen molar-refractivity contribution in [3.8, 4) is 0 Å². The summed E-state index contributed by atoms with van der Waals surface area (Å²) in [7, 11) is 0. The Kier molecular flexibility index (Phi) is 4.84. The number of pyridine rings is 1. The van der Waals surface area contributed by atoms with Crippen molar-refractivity contribution in [2.45, 2.75) is 32.7 Å². The van der Waals surface area contributed by atoms with Gasteiger partial charge in [0.2, 0.25) is 0 Å². The Hall–Kier alpha value is -0.800. The largest absolute Gasteiger partial charge is 0.382 e. The second-order valence-corrected chi connectivity index (χ2v) is 5.48. The molecule has 1 aromatic rings. The minimum atomic E-state index is 0.470. The molecular formula is C14H22ClN3. The number of nitrogens with one attached hydrogen (secondary N) is 1. The number of halogens is 1. The van der Waals surface area contributed by atoms with Crippen LogP contribution in [0.2, 0.25) is 5.15 Å². The third-order valence-corrected chi connectivity index (χ3v) is 4.02. The van der Waals surface area contributed by atoms with Gasteiger partial charge in [-0.3, -0.25) is 0 Å². The van der Waals surface area contributed by atoms with Gasteiger partial charge in [-0.25, -0.2) is 4.98 Å². The van der Waals surface area contributed by atoms with E-state index in [9.17, 15) is 0 Å². The highest BCUT2D eigenvalue weighted by atomic mass is 35.5. The maximum atomic E-state index is 5.90. The van der Waals surface area contributed by atoms with Gasteiger partial charge in [0.1, 0.15) is 5.15 Å². The van der Waals surface area contributed by atoms with E-state index in [0.29, 0.717) is 17.1 Å². The molecule has 1 aliphatic heterocycles. The summed E-state index contributed by atoms with van der Waals surface area (Å²) in [5, 5.41) is 4.09. The second-order valence-electron chi connectivity index (χ2n) is 5.10. The molecule has 2 atom stereocenters. The lowest BCUT2D eigenvalue weighted by Crippen LogP contribution is -2.41. The zero-order chi connectivity index (χ0) is 13.0. The van der Waals surface area contributed by atoms with Crippen LogP contribution in [0.1, 0.15) is 26.7 Å². The van der Waals surface area contributed by atoms with Crippen LogP contribution in [0.3, 0.4) is 0 Å². The van der Waals surface area contributed by atoms with Crippen LogP contribution < -0.4 is 5.32 Å². The highest BCUT2D eigenvalue weighted by Crippen LogP contribution is 2.22. The molecule has 1 N–H and O–H groups in total. The van der Waals surface area contributed by atoms with Gasteiger partial charge in [-0.1, -0.05) is 18.5 Å². The Morgan fingerprint density at radius 1 is 1.61 bits per heavy atom. The lowest BCUT2D eigenvalue weighted by molar-refractivity contribution is 0.172. The van der Waals surface area contributed by atoms with E-state index >= 15 is 0 Å². The third kappa shape index (κ3) is 3.59. The van der Waals surface area contributed by atoms with Crippen molar-refractivity contribution in [1.29, 1.82) is 0 Å². The van der Waals surface area contributed by atoms with Crippen molar-refractivity contribution >= 4 is 17.3 Å². The molecule has 1 fully saturated rings. The number of likely N-dealkylation sites (tertiary alicyclic amines) is 1. The second kappa shape index (κ2) is 6.39. The third-order valence-electron chi connectivity index (χ3n) is 3.82. The van der Waals surface area contributed by atoms with E-state index in [1.165, 1.54) is 25.9 Å². The van der Waals surface area contributed by atoms with Crippen molar-refractivity contribution in [2.75, 3.05) is 25.0 Å². The molecule has 2 unspecified atom stereocenters. The van der Waals surface area contributed by atoms with Gasteiger partial charge in [0.15, 0.2) is 0 Å². The molecule has 4 heteroatoms. The summed E-state index contributed by atoms with van der Waals surface area (Å²) in [6.07, 6.45) is 4.36. The van der Waals surface area contributed by atoms with E-state index in [1.807, 2.05) is 12.1 Å². The Morgan fingerprint density at radius 2 is 2.44 bits per heavy atom. The molecule has 100 valence electrons. The summed E-state index contributed by atoms with van der Waals surface area (Å²) >= 11 is 5.90. The molecule has 0 saturated carbocycles. The predicted molar refractivity (Wildman–Crippen MR) is 77.2 cm³/mol. The Bertz CT molecular complexity index is 383. The van der Waals surface area contributed by atoms with Crippen LogP contribution in [0, 0.1) is 5.92 Å². The van der Waals surface area contributed by atoms with Gasteiger partial charge in [0, 0.05) is 24.5 Å². The van der Waals surface area contributed by atoms with Crippen LogP contribution in [0.5, 0.6) is 0 Å². The van der Waals surface area contributed by atoms with Gasteiger partial charge in [0.05, 0.1) is 0 Å². The lowest BCUT2D eigenvalue weighted by atomic mass is 9.91. The quantitative estimate of drug-likeness (QED) is 0.849. The molecule has 1 aliphatic rings. The van der Waals surface area contributed by atoms with Gasteiger partial charge < -0.3 is 10.2 Å². The number of hydrogen-bond donors (Lipinski definition) is 1. The molecule has 3 nitrogen and oxygen atoms in total. The molecule has 2 rings (SSSR count). The number of nitrogens with zero attached hydrogens (tertiary/aromatic N) is 2. The van der Waals surface area contributed by atoms with Crippen molar-refractivity contribution < 1.29 is 0 Å². The Labute approximate surface area is 115 Å². The average molecular weight is 268 g/mol. The number of piperidine rings is 1. The van der Waals surface area contributed by atoms with Crippen LogP contribution in [0.15, 0.2) is 18.3 Å². The molecule has 0 radical (unpaired) electrons. The number of anilines is 1. The van der Waals surface area contributed by atoms with Gasteiger partial charge in [-0.2, -0.15) is 0 Å². The fourth-order valence-electron chi connectivity index (χ4n) is 2.66. The molecule has 1 aromatic heterocycles. The molecule has 0 aromatic carbocycles. The summed E-state index contributed by atoms with van der Waals surface area (Å²) in [4.78, 5) is 6.54. The number of hydrogen-bond acceptors (Lipinski definition) is 3. The van der Waals surface area contributed by atoms with E-state index in [4.69, 9.17) is 11.6 Å². The lowest BCUT2D eigenvalue weighted by Gasteiger charge is -2.35. The zero-order valence-electron chi connectivity index (χ0n) is 11.2. The predicted octanol–water partition coefficient (Wildman–Crippen LogP) is 3.27. The summed E-state index contributed by atoms with van der Waals surface area (Å²) in [6, 6.07) is 4.33. The summed E-state index contributed by atoms with van der Waals surface area (Å²) in [6.45, 7) is 8.11. The normalized spacial score (nSPS) is 22.7. The molecular weight excluding hydrogens is 246 g/mol. The minimum absolute atomic E-state index is 0.470. The molecule has 2 heterocycles. The summed E-state index contributed by atoms with van der Waals surface area (Å²) in [5.74, 6) is 0.714.